The van der Waals surface area contributed by atoms with Crippen molar-refractivity contribution in [2.75, 3.05) is 0 Å². The first-order valence-corrected chi connectivity index (χ1v) is 13.7. The number of hydrogen-bond acceptors (Lipinski definition) is 0. The molecular formula is C21H22Si2. The summed E-state index contributed by atoms with van der Waals surface area (Å²) >= 11 is 0. The molecule has 1 saturated heterocycles. The van der Waals surface area contributed by atoms with Gasteiger partial charge in [-0.25, -0.2) is 0 Å². The molecule has 0 amide bonds. The van der Waals surface area contributed by atoms with Crippen LogP contribution < -0.4 is 15.6 Å². The number of benzene rings is 3. The fourth-order valence-corrected chi connectivity index (χ4v) is 22.5. The SMILES string of the molecule is C[Si]1(c2ccccc2)C[Si](c2ccccc2)(c2ccccc2)C1. The van der Waals surface area contributed by atoms with Crippen LogP contribution in [-0.4, -0.2) is 16.1 Å². The third-order valence-electron chi connectivity index (χ3n) is 5.51. The molecule has 2 heteroatoms. The molecule has 0 aliphatic carbocycles. The molecule has 1 fully saturated rings. The summed E-state index contributed by atoms with van der Waals surface area (Å²) in [6, 6.07) is 33.9. The molecule has 0 aromatic heterocycles. The van der Waals surface area contributed by atoms with Crippen LogP contribution in [0.1, 0.15) is 0 Å². The average molecular weight is 331 g/mol. The summed E-state index contributed by atoms with van der Waals surface area (Å²) in [5.74, 6) is 0. The smallest absolute Gasteiger partial charge is 0.0656 e. The highest BCUT2D eigenvalue weighted by atomic mass is 28.5. The lowest BCUT2D eigenvalue weighted by atomic mass is 10.4. The molecule has 4 rings (SSSR count). The van der Waals surface area contributed by atoms with E-state index in [0.29, 0.717) is 0 Å². The molecule has 0 bridgehead atoms. The predicted octanol–water partition coefficient (Wildman–Crippen LogP) is 3.33. The lowest BCUT2D eigenvalue weighted by Gasteiger charge is -2.53. The van der Waals surface area contributed by atoms with Crippen molar-refractivity contribution in [1.82, 2.24) is 0 Å². The molecule has 0 atom stereocenters. The van der Waals surface area contributed by atoms with Gasteiger partial charge in [-0.1, -0.05) is 113 Å². The lowest BCUT2D eigenvalue weighted by molar-refractivity contribution is 1.40. The van der Waals surface area contributed by atoms with Crippen LogP contribution in [0.25, 0.3) is 0 Å². The molecule has 3 aromatic rings. The fraction of sp³-hybridized carbons (Fsp3) is 0.143. The Bertz CT molecular complexity index is 734. The molecule has 1 heterocycles. The Morgan fingerprint density at radius 2 is 0.870 bits per heavy atom. The van der Waals surface area contributed by atoms with Gasteiger partial charge in [0.2, 0.25) is 0 Å². The van der Waals surface area contributed by atoms with Crippen LogP contribution in [0.2, 0.25) is 17.9 Å². The van der Waals surface area contributed by atoms with E-state index in [1.807, 2.05) is 0 Å². The molecule has 0 saturated carbocycles. The zero-order valence-electron chi connectivity index (χ0n) is 13.6. The second kappa shape index (κ2) is 5.62. The highest BCUT2D eigenvalue weighted by Gasteiger charge is 2.57. The van der Waals surface area contributed by atoms with Crippen molar-refractivity contribution in [3.63, 3.8) is 0 Å². The van der Waals surface area contributed by atoms with E-state index in [0.717, 1.165) is 0 Å². The van der Waals surface area contributed by atoms with Gasteiger partial charge in [0.15, 0.2) is 0 Å². The van der Waals surface area contributed by atoms with Gasteiger partial charge < -0.3 is 0 Å². The molecule has 0 radical (unpaired) electrons. The Morgan fingerprint density at radius 3 is 1.26 bits per heavy atom. The van der Waals surface area contributed by atoms with Crippen LogP contribution in [0.5, 0.6) is 0 Å². The summed E-state index contributed by atoms with van der Waals surface area (Å²) in [6.45, 7) is 2.58. The minimum Gasteiger partial charge on any atom is -0.0656 e. The van der Waals surface area contributed by atoms with E-state index in [9.17, 15) is 0 Å². The molecule has 1 aliphatic rings. The Morgan fingerprint density at radius 1 is 0.522 bits per heavy atom. The van der Waals surface area contributed by atoms with Crippen LogP contribution in [-0.2, 0) is 0 Å². The van der Waals surface area contributed by atoms with Crippen LogP contribution in [0, 0.1) is 0 Å². The van der Waals surface area contributed by atoms with Crippen molar-refractivity contribution in [2.45, 2.75) is 17.9 Å². The third-order valence-corrected chi connectivity index (χ3v) is 21.2. The van der Waals surface area contributed by atoms with Gasteiger partial charge in [-0.2, -0.15) is 0 Å². The summed E-state index contributed by atoms with van der Waals surface area (Å²) in [5, 5.41) is 4.87. The first kappa shape index (κ1) is 14.7. The molecule has 0 N–H and O–H groups in total. The van der Waals surface area contributed by atoms with Crippen LogP contribution in [0.3, 0.4) is 0 Å². The predicted molar refractivity (Wildman–Crippen MR) is 105 cm³/mol. The molecule has 1 aliphatic heterocycles. The van der Waals surface area contributed by atoms with Gasteiger partial charge in [0, 0.05) is 0 Å². The fourth-order valence-electron chi connectivity index (χ4n) is 4.41. The molecule has 0 unspecified atom stereocenters. The maximum atomic E-state index is 2.58. The first-order chi connectivity index (χ1) is 11.2. The number of hydrogen-bond donors (Lipinski definition) is 0. The maximum absolute atomic E-state index is 2.58. The molecule has 0 nitrogen and oxygen atoms in total. The van der Waals surface area contributed by atoms with Gasteiger partial charge in [0.1, 0.15) is 8.07 Å². The largest absolute Gasteiger partial charge is 0.113 e. The molecule has 114 valence electrons. The molecule has 23 heavy (non-hydrogen) atoms. The second-order valence-electron chi connectivity index (χ2n) is 7.09. The Labute approximate surface area is 140 Å². The van der Waals surface area contributed by atoms with E-state index in [2.05, 4.69) is 97.5 Å². The summed E-state index contributed by atoms with van der Waals surface area (Å²) in [4.78, 5) is 0. The van der Waals surface area contributed by atoms with Crippen molar-refractivity contribution in [3.05, 3.63) is 91.0 Å². The first-order valence-electron chi connectivity index (χ1n) is 8.40. The van der Waals surface area contributed by atoms with Crippen LogP contribution in [0.15, 0.2) is 91.0 Å². The van der Waals surface area contributed by atoms with Crippen molar-refractivity contribution in [3.8, 4) is 0 Å². The Kier molecular flexibility index (Phi) is 3.59. The topological polar surface area (TPSA) is 0 Å². The lowest BCUT2D eigenvalue weighted by Crippen LogP contribution is -2.77. The van der Waals surface area contributed by atoms with Crippen molar-refractivity contribution >= 4 is 31.7 Å². The zero-order chi connectivity index (χ0) is 15.8. The highest BCUT2D eigenvalue weighted by Crippen LogP contribution is 2.39. The van der Waals surface area contributed by atoms with E-state index >= 15 is 0 Å². The summed E-state index contributed by atoms with van der Waals surface area (Å²) in [7, 11) is -2.86. The monoisotopic (exact) mass is 330 g/mol. The van der Waals surface area contributed by atoms with Gasteiger partial charge in [0.25, 0.3) is 0 Å². The van der Waals surface area contributed by atoms with E-state index in [1.54, 1.807) is 15.6 Å². The standard InChI is InChI=1S/C21H22Si2/c1-22(19-11-5-2-6-12-19)17-23(18-22,20-13-7-3-8-14-20)21-15-9-4-10-16-21/h2-16H,17-18H2,1H3. The normalized spacial score (nSPS) is 18.1. The van der Waals surface area contributed by atoms with E-state index < -0.39 is 16.1 Å². The third kappa shape index (κ3) is 2.42. The van der Waals surface area contributed by atoms with Gasteiger partial charge in [-0.05, 0) is 11.3 Å². The summed E-state index contributed by atoms with van der Waals surface area (Å²) in [5.41, 5.74) is 2.88. The van der Waals surface area contributed by atoms with Crippen molar-refractivity contribution in [2.24, 2.45) is 0 Å². The zero-order valence-corrected chi connectivity index (χ0v) is 15.6. The van der Waals surface area contributed by atoms with Crippen molar-refractivity contribution < 1.29 is 0 Å². The minimum atomic E-state index is -1.55. The van der Waals surface area contributed by atoms with Crippen LogP contribution >= 0.6 is 0 Å². The Balaban J connectivity index is 1.77. The molecule has 3 aromatic carbocycles. The van der Waals surface area contributed by atoms with Gasteiger partial charge in [-0.3, -0.25) is 0 Å². The Hall–Kier alpha value is -1.91. The second-order valence-corrected chi connectivity index (χ2v) is 16.9. The van der Waals surface area contributed by atoms with Crippen molar-refractivity contribution in [1.29, 1.82) is 0 Å². The quantitative estimate of drug-likeness (QED) is 0.646. The van der Waals surface area contributed by atoms with E-state index in [4.69, 9.17) is 0 Å². The maximum Gasteiger partial charge on any atom is 0.113 e. The van der Waals surface area contributed by atoms with Gasteiger partial charge in [-0.15, -0.1) is 0 Å². The highest BCUT2D eigenvalue weighted by molar-refractivity contribution is 7.27. The van der Waals surface area contributed by atoms with E-state index in [-0.39, 0.29) is 0 Å². The molecule has 0 spiro atoms. The summed E-state index contributed by atoms with van der Waals surface area (Å²) in [6.07, 6.45) is 0. The molecular weight excluding hydrogens is 308 g/mol. The summed E-state index contributed by atoms with van der Waals surface area (Å²) < 4.78 is 0. The van der Waals surface area contributed by atoms with Crippen LogP contribution in [0.4, 0.5) is 0 Å². The average Bonchev–Trinajstić information content (AvgIpc) is 2.61. The number of rotatable bonds is 3. The van der Waals surface area contributed by atoms with Gasteiger partial charge >= 0.3 is 0 Å². The van der Waals surface area contributed by atoms with Gasteiger partial charge in [0.05, 0.1) is 8.07 Å². The van der Waals surface area contributed by atoms with E-state index in [1.165, 1.54) is 11.3 Å². The minimum absolute atomic E-state index is 1.31.